The standard InChI is InChI=1S/C16H23N3/c1-16(2,3)15-18-13-9-11(12-7-8-17-10-12)5-6-14(13)19(15)4/h5-6,9,12,17H,7-8,10H2,1-4H3. The molecular formula is C16H23N3. The van der Waals surface area contributed by atoms with Crippen molar-refractivity contribution in [1.82, 2.24) is 14.9 Å². The fraction of sp³-hybridized carbons (Fsp3) is 0.562. The van der Waals surface area contributed by atoms with E-state index in [2.05, 4.69) is 55.9 Å². The molecule has 1 aromatic heterocycles. The van der Waals surface area contributed by atoms with E-state index in [4.69, 9.17) is 4.98 Å². The van der Waals surface area contributed by atoms with Crippen molar-refractivity contribution < 1.29 is 0 Å². The molecule has 3 heteroatoms. The van der Waals surface area contributed by atoms with E-state index in [9.17, 15) is 0 Å². The third-order valence-electron chi connectivity index (χ3n) is 4.11. The molecule has 1 aromatic carbocycles. The molecule has 1 N–H and O–H groups in total. The molecule has 3 rings (SSSR count). The van der Waals surface area contributed by atoms with Crippen molar-refractivity contribution in [2.75, 3.05) is 13.1 Å². The second kappa shape index (κ2) is 4.34. The van der Waals surface area contributed by atoms with E-state index in [1.165, 1.54) is 17.5 Å². The number of fused-ring (bicyclic) bond motifs is 1. The number of nitrogens with one attached hydrogen (secondary N) is 1. The van der Waals surface area contributed by atoms with Crippen LogP contribution in [0.3, 0.4) is 0 Å². The van der Waals surface area contributed by atoms with Crippen LogP contribution in [0.5, 0.6) is 0 Å². The van der Waals surface area contributed by atoms with Gasteiger partial charge in [-0.2, -0.15) is 0 Å². The summed E-state index contributed by atoms with van der Waals surface area (Å²) in [6.07, 6.45) is 1.24. The Bertz CT molecular complexity index is 598. The number of nitrogens with zero attached hydrogens (tertiary/aromatic N) is 2. The van der Waals surface area contributed by atoms with Crippen LogP contribution in [0.2, 0.25) is 0 Å². The average Bonchev–Trinajstić information content (AvgIpc) is 2.96. The first kappa shape index (κ1) is 12.7. The van der Waals surface area contributed by atoms with E-state index >= 15 is 0 Å². The number of hydrogen-bond donors (Lipinski definition) is 1. The van der Waals surface area contributed by atoms with Gasteiger partial charge in [-0.25, -0.2) is 4.98 Å². The van der Waals surface area contributed by atoms with Crippen LogP contribution >= 0.6 is 0 Å². The molecule has 0 spiro atoms. The zero-order valence-electron chi connectivity index (χ0n) is 12.3. The first-order chi connectivity index (χ1) is 8.97. The van der Waals surface area contributed by atoms with Crippen LogP contribution in [0, 0.1) is 0 Å². The molecule has 0 radical (unpaired) electrons. The Balaban J connectivity index is 2.08. The zero-order chi connectivity index (χ0) is 13.6. The maximum atomic E-state index is 4.86. The Morgan fingerprint density at radius 3 is 2.74 bits per heavy atom. The summed E-state index contributed by atoms with van der Waals surface area (Å²) in [5, 5.41) is 3.43. The van der Waals surface area contributed by atoms with Gasteiger partial charge in [-0.3, -0.25) is 0 Å². The minimum absolute atomic E-state index is 0.0862. The highest BCUT2D eigenvalue weighted by Crippen LogP contribution is 2.29. The highest BCUT2D eigenvalue weighted by atomic mass is 15.1. The van der Waals surface area contributed by atoms with Crippen molar-refractivity contribution in [1.29, 1.82) is 0 Å². The lowest BCUT2D eigenvalue weighted by atomic mass is 9.96. The minimum atomic E-state index is 0.0862. The van der Waals surface area contributed by atoms with Crippen molar-refractivity contribution in [2.45, 2.75) is 38.5 Å². The number of benzene rings is 1. The summed E-state index contributed by atoms with van der Waals surface area (Å²) in [5.74, 6) is 1.81. The predicted octanol–water partition coefficient (Wildman–Crippen LogP) is 2.95. The smallest absolute Gasteiger partial charge is 0.115 e. The van der Waals surface area contributed by atoms with Crippen molar-refractivity contribution >= 4 is 11.0 Å². The molecule has 1 atom stereocenters. The summed E-state index contributed by atoms with van der Waals surface area (Å²) in [5.41, 5.74) is 3.88. The molecule has 1 aliphatic rings. The Labute approximate surface area is 115 Å². The van der Waals surface area contributed by atoms with Gasteiger partial charge >= 0.3 is 0 Å². The average molecular weight is 257 g/mol. The Morgan fingerprint density at radius 2 is 2.11 bits per heavy atom. The van der Waals surface area contributed by atoms with Crippen LogP contribution in [-0.2, 0) is 12.5 Å². The molecule has 1 saturated heterocycles. The first-order valence-corrected chi connectivity index (χ1v) is 7.14. The lowest BCUT2D eigenvalue weighted by molar-refractivity contribution is 0.526. The van der Waals surface area contributed by atoms with Gasteiger partial charge in [0.15, 0.2) is 0 Å². The van der Waals surface area contributed by atoms with Crippen LogP contribution in [0.4, 0.5) is 0 Å². The summed E-state index contributed by atoms with van der Waals surface area (Å²) in [7, 11) is 2.12. The number of rotatable bonds is 1. The topological polar surface area (TPSA) is 29.9 Å². The summed E-state index contributed by atoms with van der Waals surface area (Å²) in [6, 6.07) is 6.78. The van der Waals surface area contributed by atoms with E-state index in [0.717, 1.165) is 24.4 Å². The molecule has 2 heterocycles. The van der Waals surface area contributed by atoms with Crippen LogP contribution in [0.15, 0.2) is 18.2 Å². The Morgan fingerprint density at radius 1 is 1.32 bits per heavy atom. The predicted molar refractivity (Wildman–Crippen MR) is 79.6 cm³/mol. The van der Waals surface area contributed by atoms with Gasteiger partial charge in [0.2, 0.25) is 0 Å². The van der Waals surface area contributed by atoms with Crippen LogP contribution in [-0.4, -0.2) is 22.6 Å². The van der Waals surface area contributed by atoms with Crippen molar-refractivity contribution in [3.05, 3.63) is 29.6 Å². The third kappa shape index (κ3) is 2.16. The van der Waals surface area contributed by atoms with Gasteiger partial charge in [-0.05, 0) is 36.6 Å². The Hall–Kier alpha value is -1.35. The Kier molecular flexibility index (Phi) is 2.90. The lowest BCUT2D eigenvalue weighted by Gasteiger charge is -2.17. The lowest BCUT2D eigenvalue weighted by Crippen LogP contribution is -2.17. The molecule has 0 amide bonds. The van der Waals surface area contributed by atoms with E-state index in [1.807, 2.05) is 0 Å². The van der Waals surface area contributed by atoms with Crippen LogP contribution < -0.4 is 5.32 Å². The van der Waals surface area contributed by atoms with Crippen LogP contribution in [0.25, 0.3) is 11.0 Å². The van der Waals surface area contributed by atoms with Gasteiger partial charge in [0.1, 0.15) is 5.82 Å². The van der Waals surface area contributed by atoms with E-state index in [1.54, 1.807) is 0 Å². The number of aryl methyl sites for hydroxylation is 1. The largest absolute Gasteiger partial charge is 0.331 e. The summed E-state index contributed by atoms with van der Waals surface area (Å²) in [6.45, 7) is 8.89. The van der Waals surface area contributed by atoms with Crippen molar-refractivity contribution in [2.24, 2.45) is 7.05 Å². The molecule has 19 heavy (non-hydrogen) atoms. The molecule has 1 unspecified atom stereocenters. The summed E-state index contributed by atoms with van der Waals surface area (Å²) < 4.78 is 2.23. The van der Waals surface area contributed by atoms with Gasteiger partial charge < -0.3 is 9.88 Å². The molecule has 3 nitrogen and oxygen atoms in total. The maximum absolute atomic E-state index is 4.86. The summed E-state index contributed by atoms with van der Waals surface area (Å²) >= 11 is 0. The maximum Gasteiger partial charge on any atom is 0.115 e. The molecule has 1 fully saturated rings. The fourth-order valence-electron chi connectivity index (χ4n) is 3.08. The quantitative estimate of drug-likeness (QED) is 0.851. The van der Waals surface area contributed by atoms with E-state index in [-0.39, 0.29) is 5.41 Å². The monoisotopic (exact) mass is 257 g/mol. The van der Waals surface area contributed by atoms with Crippen LogP contribution in [0.1, 0.15) is 44.5 Å². The van der Waals surface area contributed by atoms with Gasteiger partial charge in [0, 0.05) is 19.0 Å². The van der Waals surface area contributed by atoms with Crippen molar-refractivity contribution in [3.8, 4) is 0 Å². The molecule has 0 saturated carbocycles. The van der Waals surface area contributed by atoms with Gasteiger partial charge in [-0.1, -0.05) is 26.8 Å². The van der Waals surface area contributed by atoms with E-state index in [0.29, 0.717) is 5.92 Å². The molecule has 2 aromatic rings. The second-order valence-corrected chi connectivity index (χ2v) is 6.68. The molecule has 0 aliphatic carbocycles. The molecule has 0 bridgehead atoms. The molecular weight excluding hydrogens is 234 g/mol. The second-order valence-electron chi connectivity index (χ2n) is 6.68. The van der Waals surface area contributed by atoms with Gasteiger partial charge in [0.25, 0.3) is 0 Å². The first-order valence-electron chi connectivity index (χ1n) is 7.14. The highest BCUT2D eigenvalue weighted by Gasteiger charge is 2.22. The van der Waals surface area contributed by atoms with Gasteiger partial charge in [-0.15, -0.1) is 0 Å². The number of aromatic nitrogens is 2. The SMILES string of the molecule is Cn1c(C(C)(C)C)nc2cc(C3CCNC3)ccc21. The molecule has 102 valence electrons. The van der Waals surface area contributed by atoms with E-state index < -0.39 is 0 Å². The van der Waals surface area contributed by atoms with Crippen molar-refractivity contribution in [3.63, 3.8) is 0 Å². The number of hydrogen-bond acceptors (Lipinski definition) is 2. The highest BCUT2D eigenvalue weighted by molar-refractivity contribution is 5.77. The number of imidazole rings is 1. The third-order valence-corrected chi connectivity index (χ3v) is 4.11. The minimum Gasteiger partial charge on any atom is -0.331 e. The van der Waals surface area contributed by atoms with Gasteiger partial charge in [0.05, 0.1) is 11.0 Å². The summed E-state index contributed by atoms with van der Waals surface area (Å²) in [4.78, 5) is 4.86. The molecule has 1 aliphatic heterocycles. The zero-order valence-corrected chi connectivity index (χ0v) is 12.3. The normalized spacial score (nSPS) is 20.3. The fourth-order valence-corrected chi connectivity index (χ4v) is 3.08.